The normalized spacial score (nSPS) is 20.5. The summed E-state index contributed by atoms with van der Waals surface area (Å²) in [5.74, 6) is 0. The minimum atomic E-state index is 0.769. The van der Waals surface area contributed by atoms with E-state index in [2.05, 4.69) is 28.7 Å². The molecule has 1 saturated carbocycles. The van der Waals surface area contributed by atoms with E-state index < -0.39 is 0 Å². The number of piperidine rings is 1. The summed E-state index contributed by atoms with van der Waals surface area (Å²) in [5, 5.41) is 8.35. The van der Waals surface area contributed by atoms with Gasteiger partial charge in [0.05, 0.1) is 12.2 Å². The second kappa shape index (κ2) is 6.27. The van der Waals surface area contributed by atoms with Gasteiger partial charge < -0.3 is 10.2 Å². The molecule has 1 aromatic heterocycles. The Labute approximate surface area is 122 Å². The molecule has 4 heteroatoms. The number of nitrogens with one attached hydrogen (secondary N) is 1. The molecule has 112 valence electrons. The summed E-state index contributed by atoms with van der Waals surface area (Å²) in [4.78, 5) is 2.59. The van der Waals surface area contributed by atoms with Crippen LogP contribution >= 0.6 is 0 Å². The molecule has 0 aromatic carbocycles. The third-order valence-corrected chi connectivity index (χ3v) is 4.75. The van der Waals surface area contributed by atoms with Gasteiger partial charge in [0.2, 0.25) is 0 Å². The maximum absolute atomic E-state index is 4.74. The fourth-order valence-corrected chi connectivity index (χ4v) is 3.16. The Morgan fingerprint density at radius 1 is 1.10 bits per heavy atom. The Morgan fingerprint density at radius 2 is 1.85 bits per heavy atom. The van der Waals surface area contributed by atoms with Crippen LogP contribution in [-0.4, -0.2) is 40.4 Å². The van der Waals surface area contributed by atoms with Crippen molar-refractivity contribution in [3.8, 4) is 0 Å². The van der Waals surface area contributed by atoms with Crippen LogP contribution in [0.15, 0.2) is 0 Å². The number of nitrogens with zero attached hydrogens (tertiary/aromatic N) is 3. The van der Waals surface area contributed by atoms with Crippen molar-refractivity contribution in [1.29, 1.82) is 0 Å². The Balaban J connectivity index is 1.56. The summed E-state index contributed by atoms with van der Waals surface area (Å²) < 4.78 is 2.22. The van der Waals surface area contributed by atoms with Crippen LogP contribution in [0, 0.1) is 13.8 Å². The molecule has 1 aromatic rings. The Bertz CT molecular complexity index is 442. The number of likely N-dealkylation sites (tertiary alicyclic amines) is 1. The van der Waals surface area contributed by atoms with E-state index in [1.54, 1.807) is 0 Å². The largest absolute Gasteiger partial charge is 0.310 e. The van der Waals surface area contributed by atoms with Crippen molar-refractivity contribution in [2.45, 2.75) is 65.1 Å². The van der Waals surface area contributed by atoms with Crippen LogP contribution in [0.25, 0.3) is 0 Å². The van der Waals surface area contributed by atoms with Gasteiger partial charge in [0.25, 0.3) is 0 Å². The van der Waals surface area contributed by atoms with Crippen molar-refractivity contribution in [3.63, 3.8) is 0 Å². The highest BCUT2D eigenvalue weighted by Crippen LogP contribution is 2.21. The summed E-state index contributed by atoms with van der Waals surface area (Å²) in [7, 11) is 0. The van der Waals surface area contributed by atoms with Crippen molar-refractivity contribution in [2.75, 3.05) is 19.6 Å². The average Bonchev–Trinajstić information content (AvgIpc) is 3.24. The lowest BCUT2D eigenvalue weighted by Gasteiger charge is -2.26. The van der Waals surface area contributed by atoms with Gasteiger partial charge in [-0.05, 0) is 52.6 Å². The van der Waals surface area contributed by atoms with Crippen LogP contribution in [-0.2, 0) is 13.1 Å². The third-order valence-electron chi connectivity index (χ3n) is 4.75. The summed E-state index contributed by atoms with van der Waals surface area (Å²) in [6.45, 7) is 10.1. The van der Waals surface area contributed by atoms with Crippen LogP contribution in [0.5, 0.6) is 0 Å². The van der Waals surface area contributed by atoms with Crippen LogP contribution in [0.4, 0.5) is 0 Å². The first-order valence-electron chi connectivity index (χ1n) is 8.22. The van der Waals surface area contributed by atoms with Gasteiger partial charge >= 0.3 is 0 Å². The van der Waals surface area contributed by atoms with Crippen LogP contribution in [0.1, 0.15) is 49.1 Å². The Morgan fingerprint density at radius 3 is 2.55 bits per heavy atom. The van der Waals surface area contributed by atoms with Crippen molar-refractivity contribution < 1.29 is 0 Å². The zero-order chi connectivity index (χ0) is 13.9. The SMILES string of the molecule is Cc1nn(CCN2CCCCC2)c(C)c1CNC1CC1. The zero-order valence-electron chi connectivity index (χ0n) is 13.0. The van der Waals surface area contributed by atoms with Crippen molar-refractivity contribution in [3.05, 3.63) is 17.0 Å². The number of rotatable bonds is 6. The molecule has 1 aliphatic heterocycles. The predicted molar refractivity (Wildman–Crippen MR) is 81.9 cm³/mol. The molecule has 4 nitrogen and oxygen atoms in total. The average molecular weight is 276 g/mol. The molecule has 0 unspecified atom stereocenters. The second-order valence-electron chi connectivity index (χ2n) is 6.43. The van der Waals surface area contributed by atoms with Gasteiger partial charge in [-0.3, -0.25) is 4.68 Å². The minimum absolute atomic E-state index is 0.769. The molecule has 0 radical (unpaired) electrons. The Hall–Kier alpha value is -0.870. The zero-order valence-corrected chi connectivity index (χ0v) is 13.0. The smallest absolute Gasteiger partial charge is 0.0641 e. The standard InChI is InChI=1S/C16H28N4/c1-13-16(12-17-15-6-7-15)14(2)20(18-13)11-10-19-8-4-3-5-9-19/h15,17H,3-12H2,1-2H3. The van der Waals surface area contributed by atoms with Gasteiger partial charge in [-0.25, -0.2) is 0 Å². The quantitative estimate of drug-likeness (QED) is 0.865. The monoisotopic (exact) mass is 276 g/mol. The summed E-state index contributed by atoms with van der Waals surface area (Å²) >= 11 is 0. The van der Waals surface area contributed by atoms with E-state index in [0.717, 1.165) is 25.7 Å². The molecule has 1 N–H and O–H groups in total. The van der Waals surface area contributed by atoms with Crippen LogP contribution < -0.4 is 5.32 Å². The molecule has 0 bridgehead atoms. The lowest BCUT2D eigenvalue weighted by atomic mass is 10.1. The molecule has 1 saturated heterocycles. The highest BCUT2D eigenvalue weighted by atomic mass is 15.3. The molecule has 1 aliphatic carbocycles. The molecular formula is C16H28N4. The van der Waals surface area contributed by atoms with E-state index in [1.807, 2.05) is 0 Å². The maximum Gasteiger partial charge on any atom is 0.0641 e. The van der Waals surface area contributed by atoms with Gasteiger partial charge in [-0.1, -0.05) is 6.42 Å². The van der Waals surface area contributed by atoms with Crippen LogP contribution in [0.3, 0.4) is 0 Å². The number of hydrogen-bond acceptors (Lipinski definition) is 3. The van der Waals surface area contributed by atoms with E-state index in [4.69, 9.17) is 5.10 Å². The lowest BCUT2D eigenvalue weighted by molar-refractivity contribution is 0.217. The molecule has 2 heterocycles. The summed E-state index contributed by atoms with van der Waals surface area (Å²) in [6.07, 6.45) is 6.84. The van der Waals surface area contributed by atoms with E-state index in [9.17, 15) is 0 Å². The maximum atomic E-state index is 4.74. The third kappa shape index (κ3) is 3.41. The van der Waals surface area contributed by atoms with Gasteiger partial charge in [0, 0.05) is 30.4 Å². The molecule has 0 spiro atoms. The van der Waals surface area contributed by atoms with Crippen LogP contribution in [0.2, 0.25) is 0 Å². The van der Waals surface area contributed by atoms with Gasteiger partial charge in [0.1, 0.15) is 0 Å². The van der Waals surface area contributed by atoms with Gasteiger partial charge in [0.15, 0.2) is 0 Å². The summed E-state index contributed by atoms with van der Waals surface area (Å²) in [6, 6.07) is 0.769. The summed E-state index contributed by atoms with van der Waals surface area (Å²) in [5.41, 5.74) is 3.97. The number of hydrogen-bond donors (Lipinski definition) is 1. The molecule has 2 aliphatic rings. The first kappa shape index (κ1) is 14.1. The van der Waals surface area contributed by atoms with E-state index in [-0.39, 0.29) is 0 Å². The van der Waals surface area contributed by atoms with E-state index >= 15 is 0 Å². The molecule has 0 atom stereocenters. The molecule has 2 fully saturated rings. The molecular weight excluding hydrogens is 248 g/mol. The predicted octanol–water partition coefficient (Wildman–Crippen LogP) is 2.24. The van der Waals surface area contributed by atoms with E-state index in [0.29, 0.717) is 0 Å². The Kier molecular flexibility index (Phi) is 4.41. The van der Waals surface area contributed by atoms with Gasteiger partial charge in [-0.15, -0.1) is 0 Å². The minimum Gasteiger partial charge on any atom is -0.310 e. The lowest BCUT2D eigenvalue weighted by Crippen LogP contribution is -2.33. The van der Waals surface area contributed by atoms with Crippen molar-refractivity contribution in [1.82, 2.24) is 20.0 Å². The van der Waals surface area contributed by atoms with Crippen molar-refractivity contribution in [2.24, 2.45) is 0 Å². The molecule has 3 rings (SSSR count). The highest BCUT2D eigenvalue weighted by molar-refractivity contribution is 5.24. The fourth-order valence-electron chi connectivity index (χ4n) is 3.16. The fraction of sp³-hybridized carbons (Fsp3) is 0.812. The molecule has 20 heavy (non-hydrogen) atoms. The van der Waals surface area contributed by atoms with Gasteiger partial charge in [-0.2, -0.15) is 5.10 Å². The topological polar surface area (TPSA) is 33.1 Å². The van der Waals surface area contributed by atoms with Crippen molar-refractivity contribution >= 4 is 0 Å². The number of aromatic nitrogens is 2. The van der Waals surface area contributed by atoms with E-state index in [1.165, 1.54) is 62.1 Å². The first-order valence-corrected chi connectivity index (χ1v) is 8.22. The first-order chi connectivity index (χ1) is 9.74. The highest BCUT2D eigenvalue weighted by Gasteiger charge is 2.21. The number of aryl methyl sites for hydroxylation is 1. The molecule has 0 amide bonds. The second-order valence-corrected chi connectivity index (χ2v) is 6.43.